The number of hydrogen-bond donors (Lipinski definition) is 2. The third kappa shape index (κ3) is 6.20. The van der Waals surface area contributed by atoms with Gasteiger partial charge in [-0.15, -0.1) is 0 Å². The lowest BCUT2D eigenvalue weighted by Gasteiger charge is -2.13. The molecule has 144 valence electrons. The summed E-state index contributed by atoms with van der Waals surface area (Å²) in [7, 11) is 0. The van der Waals surface area contributed by atoms with Crippen LogP contribution in [0.25, 0.3) is 0 Å². The minimum Gasteiger partial charge on any atom is -0.327 e. The number of anilines is 1. The second-order valence-electron chi connectivity index (χ2n) is 5.12. The highest BCUT2D eigenvalue weighted by atomic mass is 35.5. The van der Waals surface area contributed by atoms with Gasteiger partial charge in [0, 0.05) is 17.8 Å². The van der Waals surface area contributed by atoms with Crippen molar-refractivity contribution in [3.8, 4) is 0 Å². The summed E-state index contributed by atoms with van der Waals surface area (Å²) in [6, 6.07) is 3.03. The maximum atomic E-state index is 12.7. The molecule has 0 aliphatic carbocycles. The highest BCUT2D eigenvalue weighted by Crippen LogP contribution is 2.28. The van der Waals surface area contributed by atoms with Crippen molar-refractivity contribution in [2.24, 2.45) is 0 Å². The molecule has 0 saturated carbocycles. The molecular weight excluding hydrogens is 400 g/mol. The van der Waals surface area contributed by atoms with Crippen molar-refractivity contribution in [2.45, 2.75) is 18.8 Å². The number of nitrogens with one attached hydrogen (secondary N) is 2. The molecule has 0 saturated heterocycles. The molecule has 2 N–H and O–H groups in total. The Kier molecular flexibility index (Phi) is 6.04. The van der Waals surface area contributed by atoms with Crippen LogP contribution in [-0.4, -0.2) is 26.8 Å². The van der Waals surface area contributed by atoms with Gasteiger partial charge in [0.2, 0.25) is 5.95 Å². The lowest BCUT2D eigenvalue weighted by atomic mass is 10.1. The van der Waals surface area contributed by atoms with Crippen molar-refractivity contribution >= 4 is 23.3 Å². The number of halogens is 7. The van der Waals surface area contributed by atoms with E-state index in [1.54, 1.807) is 0 Å². The molecular formula is C15H10ClF6N5. The van der Waals surface area contributed by atoms with E-state index in [2.05, 4.69) is 20.3 Å². The van der Waals surface area contributed by atoms with Crippen molar-refractivity contribution < 1.29 is 26.3 Å². The molecule has 2 rings (SSSR count). The smallest absolute Gasteiger partial charge is 0.327 e. The van der Waals surface area contributed by atoms with Crippen molar-refractivity contribution in [3.05, 3.63) is 58.8 Å². The largest absolute Gasteiger partial charge is 0.433 e. The molecule has 0 aliphatic rings. The average molecular weight is 410 g/mol. The maximum Gasteiger partial charge on any atom is 0.433 e. The highest BCUT2D eigenvalue weighted by molar-refractivity contribution is 6.30. The van der Waals surface area contributed by atoms with Crippen LogP contribution in [0.5, 0.6) is 0 Å². The lowest BCUT2D eigenvalue weighted by molar-refractivity contribution is -0.141. The van der Waals surface area contributed by atoms with E-state index in [-0.39, 0.29) is 22.4 Å². The summed E-state index contributed by atoms with van der Waals surface area (Å²) in [5.41, 5.74) is -3.32. The van der Waals surface area contributed by atoms with Crippen LogP contribution in [0.2, 0.25) is 5.02 Å². The number of aromatic nitrogens is 3. The Labute approximate surface area is 153 Å². The van der Waals surface area contributed by atoms with E-state index in [9.17, 15) is 26.3 Å². The molecule has 12 heteroatoms. The maximum absolute atomic E-state index is 12.7. The highest BCUT2D eigenvalue weighted by Gasteiger charge is 2.34. The first kappa shape index (κ1) is 20.6. The van der Waals surface area contributed by atoms with E-state index in [1.807, 2.05) is 0 Å². The van der Waals surface area contributed by atoms with Gasteiger partial charge in [-0.2, -0.15) is 26.3 Å². The lowest BCUT2D eigenvalue weighted by Crippen LogP contribution is -2.21. The van der Waals surface area contributed by atoms with Crippen molar-refractivity contribution in [1.29, 1.82) is 5.41 Å². The zero-order valence-corrected chi connectivity index (χ0v) is 13.9. The van der Waals surface area contributed by atoms with Gasteiger partial charge in [0.05, 0.1) is 17.4 Å². The van der Waals surface area contributed by atoms with Crippen LogP contribution in [0.1, 0.15) is 11.4 Å². The Hall–Kier alpha value is -2.69. The molecule has 0 aliphatic heterocycles. The van der Waals surface area contributed by atoms with E-state index in [4.69, 9.17) is 17.0 Å². The average Bonchev–Trinajstić information content (AvgIpc) is 2.55. The van der Waals surface area contributed by atoms with Crippen LogP contribution in [-0.2, 0) is 12.6 Å². The van der Waals surface area contributed by atoms with E-state index >= 15 is 0 Å². The zero-order valence-electron chi connectivity index (χ0n) is 13.2. The summed E-state index contributed by atoms with van der Waals surface area (Å²) < 4.78 is 76.2. The Balaban J connectivity index is 2.33. The fourth-order valence-corrected chi connectivity index (χ4v) is 1.94. The standard InChI is InChI=1S/C15H10ClF6N5/c16-8-6-24-13(25-7-8)27-10(5-11(23)14(17,18)19)4-9-2-1-3-12(26-9)15(20,21)22/h1-3,5-7,23H,4H2,(H,24,25,27)/b10-5-,23-11?. The molecule has 0 unspecified atom stereocenters. The SMILES string of the molecule is N=C(/C=C(/Cc1cccc(C(F)(F)F)n1)Nc1ncc(Cl)cn1)C(F)(F)F. The van der Waals surface area contributed by atoms with Gasteiger partial charge >= 0.3 is 12.4 Å². The molecule has 0 radical (unpaired) electrons. The summed E-state index contributed by atoms with van der Waals surface area (Å²) in [5.74, 6) is -0.146. The first-order valence-corrected chi connectivity index (χ1v) is 7.47. The van der Waals surface area contributed by atoms with E-state index in [0.717, 1.165) is 12.1 Å². The number of nitrogens with zero attached hydrogens (tertiary/aromatic N) is 3. The molecule has 0 aromatic carbocycles. The van der Waals surface area contributed by atoms with Gasteiger partial charge in [-0.1, -0.05) is 17.7 Å². The van der Waals surface area contributed by atoms with Gasteiger partial charge < -0.3 is 5.32 Å². The predicted octanol–water partition coefficient (Wildman–Crippen LogP) is 4.66. The minimum atomic E-state index is -4.94. The van der Waals surface area contributed by atoms with Crippen LogP contribution in [0.4, 0.5) is 32.3 Å². The Bertz CT molecular complexity index is 845. The quantitative estimate of drug-likeness (QED) is 0.556. The molecule has 0 atom stereocenters. The van der Waals surface area contributed by atoms with Crippen molar-refractivity contribution in [2.75, 3.05) is 5.32 Å². The van der Waals surface area contributed by atoms with Crippen LogP contribution in [0.15, 0.2) is 42.4 Å². The predicted molar refractivity (Wildman–Crippen MR) is 85.5 cm³/mol. The third-order valence-electron chi connectivity index (χ3n) is 2.99. The molecule has 0 amide bonds. The molecule has 2 aromatic rings. The molecule has 0 bridgehead atoms. The monoisotopic (exact) mass is 409 g/mol. The minimum absolute atomic E-state index is 0.146. The van der Waals surface area contributed by atoms with Gasteiger partial charge in [-0.25, -0.2) is 15.0 Å². The number of rotatable bonds is 5. The Morgan fingerprint density at radius 2 is 1.74 bits per heavy atom. The topological polar surface area (TPSA) is 74.6 Å². The normalized spacial score (nSPS) is 12.8. The van der Waals surface area contributed by atoms with E-state index in [0.29, 0.717) is 6.08 Å². The molecule has 2 aromatic heterocycles. The van der Waals surface area contributed by atoms with E-state index in [1.165, 1.54) is 18.5 Å². The second-order valence-corrected chi connectivity index (χ2v) is 5.56. The molecule has 0 spiro atoms. The third-order valence-corrected chi connectivity index (χ3v) is 3.18. The number of alkyl halides is 6. The summed E-state index contributed by atoms with van der Waals surface area (Å²) in [6.07, 6.45) is -7.31. The fraction of sp³-hybridized carbons (Fsp3) is 0.200. The first-order chi connectivity index (χ1) is 12.4. The van der Waals surface area contributed by atoms with Gasteiger partial charge in [-0.3, -0.25) is 5.41 Å². The zero-order chi connectivity index (χ0) is 20.2. The summed E-state index contributed by atoms with van der Waals surface area (Å²) in [6.45, 7) is 0. The molecule has 27 heavy (non-hydrogen) atoms. The van der Waals surface area contributed by atoms with Crippen molar-refractivity contribution in [3.63, 3.8) is 0 Å². The van der Waals surface area contributed by atoms with Crippen molar-refractivity contribution in [1.82, 2.24) is 15.0 Å². The molecule has 0 fully saturated rings. The van der Waals surface area contributed by atoms with Gasteiger partial charge in [0.15, 0.2) is 0 Å². The van der Waals surface area contributed by atoms with Crippen LogP contribution in [0, 0.1) is 5.41 Å². The van der Waals surface area contributed by atoms with Gasteiger partial charge in [0.1, 0.15) is 11.4 Å². The summed E-state index contributed by atoms with van der Waals surface area (Å²) in [5, 5.41) is 9.68. The molecule has 5 nitrogen and oxygen atoms in total. The summed E-state index contributed by atoms with van der Waals surface area (Å²) in [4.78, 5) is 10.9. The van der Waals surface area contributed by atoms with Crippen LogP contribution >= 0.6 is 11.6 Å². The summed E-state index contributed by atoms with van der Waals surface area (Å²) >= 11 is 5.62. The van der Waals surface area contributed by atoms with Crippen LogP contribution < -0.4 is 5.32 Å². The number of pyridine rings is 1. The molecule has 2 heterocycles. The number of allylic oxidation sites excluding steroid dienone is 2. The van der Waals surface area contributed by atoms with E-state index < -0.39 is 30.2 Å². The fourth-order valence-electron chi connectivity index (χ4n) is 1.84. The van der Waals surface area contributed by atoms with Gasteiger partial charge in [-0.05, 0) is 18.2 Å². The second kappa shape index (κ2) is 7.91. The first-order valence-electron chi connectivity index (χ1n) is 7.09. The van der Waals surface area contributed by atoms with Crippen LogP contribution in [0.3, 0.4) is 0 Å². The number of hydrogen-bond acceptors (Lipinski definition) is 5. The Morgan fingerprint density at radius 3 is 2.30 bits per heavy atom. The Morgan fingerprint density at radius 1 is 1.11 bits per heavy atom. The van der Waals surface area contributed by atoms with Gasteiger partial charge in [0.25, 0.3) is 0 Å².